The van der Waals surface area contributed by atoms with Crippen LogP contribution in [0.25, 0.3) is 11.1 Å². The number of anilines is 1. The number of amides is 1. The average molecular weight is 440 g/mol. The number of para-hydroxylation sites is 1. The van der Waals surface area contributed by atoms with E-state index in [9.17, 15) is 4.79 Å². The number of hydrogen-bond donors (Lipinski definition) is 3. The molecule has 0 spiro atoms. The summed E-state index contributed by atoms with van der Waals surface area (Å²) in [6.07, 6.45) is 4.11. The van der Waals surface area contributed by atoms with Crippen LogP contribution in [0.2, 0.25) is 0 Å². The summed E-state index contributed by atoms with van der Waals surface area (Å²) in [4.78, 5) is 24.5. The minimum atomic E-state index is -0.217. The monoisotopic (exact) mass is 439 g/mol. The summed E-state index contributed by atoms with van der Waals surface area (Å²) in [6, 6.07) is 27.2. The van der Waals surface area contributed by atoms with E-state index >= 15 is 0 Å². The van der Waals surface area contributed by atoms with E-state index in [1.165, 1.54) is 0 Å². The van der Waals surface area contributed by atoms with Gasteiger partial charge in [-0.25, -0.2) is 4.98 Å². The molecule has 33 heavy (non-hydrogen) atoms. The maximum absolute atomic E-state index is 12.7. The number of aromatic amines is 1. The van der Waals surface area contributed by atoms with Crippen LogP contribution in [0.1, 0.15) is 29.9 Å². The van der Waals surface area contributed by atoms with E-state index in [0.717, 1.165) is 22.5 Å². The van der Waals surface area contributed by atoms with Crippen LogP contribution in [0.3, 0.4) is 0 Å². The second-order valence-corrected chi connectivity index (χ2v) is 6.91. The van der Waals surface area contributed by atoms with Crippen molar-refractivity contribution in [3.05, 3.63) is 109 Å². The van der Waals surface area contributed by atoms with Gasteiger partial charge in [-0.1, -0.05) is 80.6 Å². The van der Waals surface area contributed by atoms with Crippen LogP contribution in [0.15, 0.2) is 102 Å². The zero-order valence-corrected chi connectivity index (χ0v) is 19.0. The Labute approximate surface area is 194 Å². The third-order valence-electron chi connectivity index (χ3n) is 4.74. The molecule has 0 atom stereocenters. The Morgan fingerprint density at radius 1 is 0.909 bits per heavy atom. The third kappa shape index (κ3) is 6.90. The Kier molecular flexibility index (Phi) is 8.97. The molecule has 3 N–H and O–H groups in total. The number of H-pyrrole nitrogens is 1. The van der Waals surface area contributed by atoms with Crippen LogP contribution in [-0.4, -0.2) is 28.4 Å². The van der Waals surface area contributed by atoms with Gasteiger partial charge in [-0.05, 0) is 23.8 Å². The number of aliphatic imine (C=N–C) groups is 1. The van der Waals surface area contributed by atoms with Crippen LogP contribution in [-0.2, 0) is 6.42 Å². The minimum Gasteiger partial charge on any atom is -0.348 e. The van der Waals surface area contributed by atoms with Crippen molar-refractivity contribution >= 4 is 17.6 Å². The smallest absolute Gasteiger partial charge is 0.257 e. The van der Waals surface area contributed by atoms with Crippen LogP contribution in [0.5, 0.6) is 0 Å². The lowest BCUT2D eigenvalue weighted by Gasteiger charge is -2.15. The molecule has 1 aromatic heterocycles. The lowest BCUT2D eigenvalue weighted by molar-refractivity contribution is 0.0977. The molecule has 1 amide bonds. The molecular weight excluding hydrogens is 410 g/mol. The summed E-state index contributed by atoms with van der Waals surface area (Å²) < 4.78 is 0. The molecule has 0 aliphatic rings. The van der Waals surface area contributed by atoms with Gasteiger partial charge in [0.2, 0.25) is 5.96 Å². The molecule has 168 valence electrons. The summed E-state index contributed by atoms with van der Waals surface area (Å²) >= 11 is 0. The van der Waals surface area contributed by atoms with Crippen molar-refractivity contribution in [1.82, 2.24) is 15.3 Å². The Morgan fingerprint density at radius 2 is 1.58 bits per heavy atom. The summed E-state index contributed by atoms with van der Waals surface area (Å²) in [6.45, 7) is 4.49. The zero-order chi connectivity index (χ0) is 23.3. The fourth-order valence-corrected chi connectivity index (χ4v) is 3.18. The molecule has 6 heteroatoms. The number of carbonyl (C=O) groups excluding carboxylic acids is 1. The maximum atomic E-state index is 12.7. The minimum absolute atomic E-state index is 0.217. The molecular formula is C27H29N5O. The highest BCUT2D eigenvalue weighted by Gasteiger charge is 2.11. The van der Waals surface area contributed by atoms with Gasteiger partial charge >= 0.3 is 0 Å². The van der Waals surface area contributed by atoms with E-state index in [-0.39, 0.29) is 5.91 Å². The van der Waals surface area contributed by atoms with Crippen molar-refractivity contribution in [2.45, 2.75) is 20.3 Å². The van der Waals surface area contributed by atoms with Gasteiger partial charge in [-0.3, -0.25) is 15.1 Å². The molecule has 0 unspecified atom stereocenters. The normalized spacial score (nSPS) is 10.7. The SMILES string of the molecule is CC.O=C(NC(=NCCc1cnc[nH]1)Nc1ccccc1-c1ccccc1)c1ccccc1. The Morgan fingerprint density at radius 3 is 2.27 bits per heavy atom. The lowest BCUT2D eigenvalue weighted by atomic mass is 10.0. The Balaban J connectivity index is 0.00000149. The average Bonchev–Trinajstić information content (AvgIpc) is 3.40. The van der Waals surface area contributed by atoms with Gasteiger partial charge in [0.05, 0.1) is 6.33 Å². The van der Waals surface area contributed by atoms with Gasteiger partial charge in [-0.2, -0.15) is 0 Å². The number of benzene rings is 3. The van der Waals surface area contributed by atoms with Crippen LogP contribution >= 0.6 is 0 Å². The van der Waals surface area contributed by atoms with Crippen molar-refractivity contribution in [1.29, 1.82) is 0 Å². The number of guanidine groups is 1. The molecule has 0 bridgehead atoms. The number of nitrogens with one attached hydrogen (secondary N) is 3. The largest absolute Gasteiger partial charge is 0.348 e. The van der Waals surface area contributed by atoms with E-state index < -0.39 is 0 Å². The molecule has 0 radical (unpaired) electrons. The van der Waals surface area contributed by atoms with E-state index in [4.69, 9.17) is 0 Å². The van der Waals surface area contributed by atoms with Crippen molar-refractivity contribution in [2.24, 2.45) is 4.99 Å². The number of carbonyl (C=O) groups is 1. The van der Waals surface area contributed by atoms with E-state index in [2.05, 4.69) is 37.7 Å². The van der Waals surface area contributed by atoms with Crippen LogP contribution in [0, 0.1) is 0 Å². The molecule has 0 saturated carbocycles. The summed E-state index contributed by atoms with van der Waals surface area (Å²) in [7, 11) is 0. The van der Waals surface area contributed by atoms with Crippen molar-refractivity contribution in [3.8, 4) is 11.1 Å². The highest BCUT2D eigenvalue weighted by Crippen LogP contribution is 2.27. The summed E-state index contributed by atoms with van der Waals surface area (Å²) in [5.41, 5.74) is 4.53. The summed E-state index contributed by atoms with van der Waals surface area (Å²) in [5, 5.41) is 6.23. The fraction of sp³-hybridized carbons (Fsp3) is 0.148. The number of imidazole rings is 1. The third-order valence-corrected chi connectivity index (χ3v) is 4.74. The number of hydrogen-bond acceptors (Lipinski definition) is 3. The fourth-order valence-electron chi connectivity index (χ4n) is 3.18. The highest BCUT2D eigenvalue weighted by atomic mass is 16.1. The van der Waals surface area contributed by atoms with Gasteiger partial charge in [0.15, 0.2) is 0 Å². The van der Waals surface area contributed by atoms with Crippen molar-refractivity contribution in [2.75, 3.05) is 11.9 Å². The van der Waals surface area contributed by atoms with Crippen molar-refractivity contribution in [3.63, 3.8) is 0 Å². The molecule has 6 nitrogen and oxygen atoms in total. The predicted octanol–water partition coefficient (Wildman–Crippen LogP) is 5.54. The van der Waals surface area contributed by atoms with Gasteiger partial charge in [0.1, 0.15) is 0 Å². The molecule has 0 saturated heterocycles. The van der Waals surface area contributed by atoms with Crippen molar-refractivity contribution < 1.29 is 4.79 Å². The standard InChI is InChI=1S/C25H23N5O.C2H6/c31-24(20-11-5-2-6-12-20)30-25(27-16-15-21-17-26-18-28-21)29-23-14-8-7-13-22(23)19-9-3-1-4-10-19;1-2/h1-14,17-18H,15-16H2,(H,26,28)(H2,27,29,30,31);1-2H3. The number of nitrogens with zero attached hydrogens (tertiary/aromatic N) is 2. The number of rotatable bonds is 6. The highest BCUT2D eigenvalue weighted by molar-refractivity contribution is 6.10. The molecule has 0 fully saturated rings. The van der Waals surface area contributed by atoms with Crippen LogP contribution in [0.4, 0.5) is 5.69 Å². The van der Waals surface area contributed by atoms with Gasteiger partial charge in [-0.15, -0.1) is 0 Å². The topological polar surface area (TPSA) is 82.2 Å². The molecule has 4 rings (SSSR count). The first-order valence-electron chi connectivity index (χ1n) is 11.1. The zero-order valence-electron chi connectivity index (χ0n) is 19.0. The maximum Gasteiger partial charge on any atom is 0.257 e. The second kappa shape index (κ2) is 12.6. The second-order valence-electron chi connectivity index (χ2n) is 6.91. The van der Waals surface area contributed by atoms with Gasteiger partial charge in [0.25, 0.3) is 5.91 Å². The van der Waals surface area contributed by atoms with E-state index in [1.807, 2.05) is 74.5 Å². The molecule has 4 aromatic rings. The first kappa shape index (κ1) is 23.5. The lowest BCUT2D eigenvalue weighted by Crippen LogP contribution is -2.36. The quantitative estimate of drug-likeness (QED) is 0.272. The van der Waals surface area contributed by atoms with Gasteiger partial charge < -0.3 is 10.3 Å². The summed E-state index contributed by atoms with van der Waals surface area (Å²) in [5.74, 6) is 0.183. The first-order valence-corrected chi connectivity index (χ1v) is 11.1. The van der Waals surface area contributed by atoms with Gasteiger partial charge in [0, 0.05) is 41.7 Å². The molecule has 1 heterocycles. The molecule has 3 aromatic carbocycles. The predicted molar refractivity (Wildman–Crippen MR) is 135 cm³/mol. The number of aromatic nitrogens is 2. The van der Waals surface area contributed by atoms with E-state index in [1.54, 1.807) is 24.7 Å². The first-order chi connectivity index (χ1) is 16.3. The Bertz CT molecular complexity index is 1140. The van der Waals surface area contributed by atoms with E-state index in [0.29, 0.717) is 24.5 Å². The Hall–Kier alpha value is -4.19. The molecule has 0 aliphatic carbocycles. The molecule has 0 aliphatic heterocycles. The van der Waals surface area contributed by atoms with Crippen LogP contribution < -0.4 is 10.6 Å².